The van der Waals surface area contributed by atoms with E-state index in [1.807, 2.05) is 18.2 Å². The Kier molecular flexibility index (Phi) is 2.57. The molecule has 0 saturated heterocycles. The fourth-order valence-electron chi connectivity index (χ4n) is 0.313. The summed E-state index contributed by atoms with van der Waals surface area (Å²) in [6.07, 6.45) is 3.50. The second-order valence-electron chi connectivity index (χ2n) is 1.02. The molecule has 0 fully saturated rings. The van der Waals surface area contributed by atoms with Crippen molar-refractivity contribution < 1.29 is 0 Å². The lowest BCUT2D eigenvalue weighted by Crippen LogP contribution is -1.58. The van der Waals surface area contributed by atoms with Crippen molar-refractivity contribution in [1.82, 2.24) is 11.1 Å². The van der Waals surface area contributed by atoms with Gasteiger partial charge in [-0.2, -0.15) is 0 Å². The highest BCUT2D eigenvalue weighted by molar-refractivity contribution is 4.88. The van der Waals surface area contributed by atoms with Gasteiger partial charge in [0.2, 0.25) is 0 Å². The summed E-state index contributed by atoms with van der Waals surface area (Å²) in [4.78, 5) is 3.78. The van der Waals surface area contributed by atoms with Gasteiger partial charge in [-0.3, -0.25) is 4.98 Å². The van der Waals surface area contributed by atoms with Crippen molar-refractivity contribution in [3.63, 3.8) is 0 Å². The maximum atomic E-state index is 3.78. The quantitative estimate of drug-likeness (QED) is 0.463. The fourth-order valence-corrected chi connectivity index (χ4v) is 0.313. The zero-order chi connectivity index (χ0) is 4.24. The molecule has 0 spiro atoms. The molecule has 2 radical (unpaired) electrons. The summed E-state index contributed by atoms with van der Waals surface area (Å²) in [6.45, 7) is 0. The Morgan fingerprint density at radius 3 is 1.57 bits per heavy atom. The van der Waals surface area contributed by atoms with Crippen LogP contribution in [0, 0.1) is 0 Å². The van der Waals surface area contributed by atoms with Gasteiger partial charge in [0.1, 0.15) is 0 Å². The molecule has 0 aliphatic heterocycles. The summed E-state index contributed by atoms with van der Waals surface area (Å²) in [5.74, 6) is 0. The van der Waals surface area contributed by atoms with Crippen LogP contribution in [0.5, 0.6) is 0 Å². The van der Waals surface area contributed by atoms with E-state index in [1.165, 1.54) is 0 Å². The van der Waals surface area contributed by atoms with Gasteiger partial charge in [-0.05, 0) is 12.1 Å². The highest BCUT2D eigenvalue weighted by Crippen LogP contribution is 1.73. The van der Waals surface area contributed by atoms with Crippen LogP contribution >= 0.6 is 0 Å². The van der Waals surface area contributed by atoms with Crippen molar-refractivity contribution in [2.75, 3.05) is 0 Å². The van der Waals surface area contributed by atoms with Gasteiger partial charge in [0.25, 0.3) is 0 Å². The molecule has 0 aliphatic rings. The van der Waals surface area contributed by atoms with E-state index in [-0.39, 0.29) is 6.15 Å². The monoisotopic (exact) mass is 93.0 g/mol. The Hall–Kier alpha value is -1.14. The molecule has 0 unspecified atom stereocenters. The van der Waals surface area contributed by atoms with Crippen molar-refractivity contribution in [3.05, 3.63) is 30.6 Å². The Morgan fingerprint density at radius 1 is 0.857 bits per heavy atom. The first-order chi connectivity index (χ1) is 3.00. The fraction of sp³-hybridized carbons (Fsp3) is 0. The van der Waals surface area contributed by atoms with Crippen LogP contribution in [0.3, 0.4) is 0 Å². The van der Waals surface area contributed by atoms with Crippen LogP contribution in [-0.2, 0) is 0 Å². The minimum absolute atomic E-state index is 0. The zero-order valence-electron chi connectivity index (χ0n) is 3.78. The highest BCUT2D eigenvalue weighted by Gasteiger charge is 3.00. The van der Waals surface area contributed by atoms with Crippen LogP contribution in [0.4, 0.5) is 0 Å². The molecular formula is C5H5N2+3. The summed E-state index contributed by atoms with van der Waals surface area (Å²) < 4.78 is 0. The molecule has 7 heavy (non-hydrogen) atoms. The molecule has 32 valence electrons. The van der Waals surface area contributed by atoms with E-state index >= 15 is 0 Å². The second-order valence-corrected chi connectivity index (χ2v) is 1.02. The van der Waals surface area contributed by atoms with E-state index in [4.69, 9.17) is 0 Å². The third-order valence-electron chi connectivity index (χ3n) is 0.566. The molecule has 2 heteroatoms. The first-order valence-corrected chi connectivity index (χ1v) is 1.85. The molecule has 0 N–H and O–H groups in total. The van der Waals surface area contributed by atoms with Crippen LogP contribution in [0.25, 0.3) is 0 Å². The molecule has 0 atom stereocenters. The van der Waals surface area contributed by atoms with E-state index in [9.17, 15) is 0 Å². The highest BCUT2D eigenvalue weighted by atomic mass is 14.6. The molecule has 1 heterocycles. The molecule has 1 aromatic rings. The Morgan fingerprint density at radius 2 is 1.43 bits per heavy atom. The van der Waals surface area contributed by atoms with Gasteiger partial charge in [0.05, 0.1) is 0 Å². The normalized spacial score (nSPS) is 6.86. The molecule has 0 bridgehead atoms. The largest absolute Gasteiger partial charge is 3.00 e. The van der Waals surface area contributed by atoms with E-state index in [0.29, 0.717) is 0 Å². The van der Waals surface area contributed by atoms with Gasteiger partial charge >= 0.3 is 6.15 Å². The van der Waals surface area contributed by atoms with Crippen molar-refractivity contribution in [1.29, 1.82) is 0 Å². The summed E-state index contributed by atoms with van der Waals surface area (Å²) >= 11 is 0. The molecule has 0 aliphatic carbocycles. The lowest BCUT2D eigenvalue weighted by Gasteiger charge is -1.70. The maximum Gasteiger partial charge on any atom is 3.00 e. The van der Waals surface area contributed by atoms with Crippen molar-refractivity contribution in [2.24, 2.45) is 0 Å². The summed E-state index contributed by atoms with van der Waals surface area (Å²) in [5, 5.41) is 0. The van der Waals surface area contributed by atoms with Crippen LogP contribution in [0.2, 0.25) is 0 Å². The number of pyridine rings is 1. The van der Waals surface area contributed by atoms with Gasteiger partial charge in [0.15, 0.2) is 0 Å². The average molecular weight is 93.1 g/mol. The van der Waals surface area contributed by atoms with Crippen LogP contribution in [-0.4, -0.2) is 4.98 Å². The van der Waals surface area contributed by atoms with Gasteiger partial charge in [-0.15, -0.1) is 0 Å². The second kappa shape index (κ2) is 3.07. The number of nitrogens with zero attached hydrogens (tertiary/aromatic N) is 2. The molecule has 2 nitrogen and oxygen atoms in total. The van der Waals surface area contributed by atoms with E-state index in [1.54, 1.807) is 12.4 Å². The molecular weight excluding hydrogens is 88.1 g/mol. The van der Waals surface area contributed by atoms with E-state index in [0.717, 1.165) is 0 Å². The first kappa shape index (κ1) is 5.86. The number of rotatable bonds is 0. The number of hydrogen-bond donors (Lipinski definition) is 0. The Bertz CT molecular complexity index is 78.0. The third kappa shape index (κ3) is 1.68. The third-order valence-corrected chi connectivity index (χ3v) is 0.566. The average Bonchev–Trinajstić information content (AvgIpc) is 1.72. The number of hydrogen-bond acceptors (Lipinski definition) is 1. The van der Waals surface area contributed by atoms with E-state index < -0.39 is 0 Å². The van der Waals surface area contributed by atoms with Gasteiger partial charge in [-0.1, -0.05) is 6.07 Å². The van der Waals surface area contributed by atoms with Crippen molar-refractivity contribution in [3.8, 4) is 0 Å². The van der Waals surface area contributed by atoms with E-state index in [2.05, 4.69) is 4.98 Å². The number of aromatic nitrogens is 1. The smallest absolute Gasteiger partial charge is 0.265 e. The first-order valence-electron chi connectivity index (χ1n) is 1.85. The zero-order valence-corrected chi connectivity index (χ0v) is 3.78. The SMILES string of the molecule is [N+3].c1ccncc1. The van der Waals surface area contributed by atoms with Gasteiger partial charge in [-0.25, -0.2) is 0 Å². The molecule has 1 rings (SSSR count). The van der Waals surface area contributed by atoms with Crippen molar-refractivity contribution >= 4 is 0 Å². The summed E-state index contributed by atoms with van der Waals surface area (Å²) in [7, 11) is 0. The van der Waals surface area contributed by atoms with Gasteiger partial charge < -0.3 is 0 Å². The lowest BCUT2D eigenvalue weighted by atomic mass is 10.5. The standard InChI is InChI=1S/C5H5N.N/c1-2-4-6-5-3-1;/h1-5H;/q;+3. The summed E-state index contributed by atoms with van der Waals surface area (Å²) in [5.41, 5.74) is 0. The minimum atomic E-state index is 0. The molecule has 0 aromatic carbocycles. The van der Waals surface area contributed by atoms with Crippen LogP contribution < -0.4 is 6.15 Å². The predicted octanol–water partition coefficient (Wildman–Crippen LogP) is 0.601. The topological polar surface area (TPSA) is 43.4 Å². The molecule has 1 aromatic heterocycles. The minimum Gasteiger partial charge on any atom is -0.265 e. The Labute approximate surface area is 42.8 Å². The van der Waals surface area contributed by atoms with Crippen molar-refractivity contribution in [2.45, 2.75) is 0 Å². The van der Waals surface area contributed by atoms with Crippen LogP contribution in [0.15, 0.2) is 30.6 Å². The van der Waals surface area contributed by atoms with Crippen LogP contribution in [0.1, 0.15) is 0 Å². The lowest BCUT2D eigenvalue weighted by molar-refractivity contribution is 1.33. The maximum absolute atomic E-state index is 3.78. The molecule has 0 saturated carbocycles. The predicted molar refractivity (Wildman–Crippen MR) is 26.4 cm³/mol. The summed E-state index contributed by atoms with van der Waals surface area (Å²) in [6, 6.07) is 5.72. The molecule has 0 amide bonds. The Balaban J connectivity index is 0.000000360. The van der Waals surface area contributed by atoms with Gasteiger partial charge in [0, 0.05) is 12.4 Å².